The number of para-hydroxylation sites is 1. The van der Waals surface area contributed by atoms with Gasteiger partial charge in [-0.2, -0.15) is 0 Å². The Labute approximate surface area is 96.7 Å². The molecule has 0 radical (unpaired) electrons. The number of aromatic nitrogens is 3. The molecule has 0 spiro atoms. The monoisotopic (exact) mass is 228 g/mol. The second-order valence-electron chi connectivity index (χ2n) is 3.56. The molecule has 0 amide bonds. The standard InChI is InChI=1S/C12H9FN4/c13-9-5-1-2-6-10(9)14-12-16-15-11-7-3-4-8-17(11)12/h1-8H,(H,14,16). The number of nitrogens with zero attached hydrogens (tertiary/aromatic N) is 3. The Morgan fingerprint density at radius 1 is 1.00 bits per heavy atom. The van der Waals surface area contributed by atoms with E-state index in [1.54, 1.807) is 22.6 Å². The molecule has 0 saturated heterocycles. The zero-order valence-electron chi connectivity index (χ0n) is 8.84. The summed E-state index contributed by atoms with van der Waals surface area (Å²) in [6.45, 7) is 0. The molecule has 17 heavy (non-hydrogen) atoms. The molecular weight excluding hydrogens is 219 g/mol. The third-order valence-electron chi connectivity index (χ3n) is 2.43. The topological polar surface area (TPSA) is 42.2 Å². The van der Waals surface area contributed by atoms with E-state index in [0.29, 0.717) is 17.3 Å². The van der Waals surface area contributed by atoms with Crippen LogP contribution in [0.15, 0.2) is 48.7 Å². The lowest BCUT2D eigenvalue weighted by Crippen LogP contribution is -1.98. The minimum atomic E-state index is -0.319. The summed E-state index contributed by atoms with van der Waals surface area (Å²) >= 11 is 0. The minimum Gasteiger partial charge on any atom is -0.321 e. The first-order valence-electron chi connectivity index (χ1n) is 5.16. The number of halogens is 1. The molecule has 2 aromatic heterocycles. The van der Waals surface area contributed by atoms with E-state index in [4.69, 9.17) is 0 Å². The zero-order chi connectivity index (χ0) is 11.7. The summed E-state index contributed by atoms with van der Waals surface area (Å²) < 4.78 is 15.2. The fourth-order valence-corrected chi connectivity index (χ4v) is 1.61. The normalized spacial score (nSPS) is 10.6. The first kappa shape index (κ1) is 9.77. The largest absolute Gasteiger partial charge is 0.321 e. The summed E-state index contributed by atoms with van der Waals surface area (Å²) in [6.07, 6.45) is 1.82. The molecule has 1 N–H and O–H groups in total. The van der Waals surface area contributed by atoms with Gasteiger partial charge in [0.2, 0.25) is 5.95 Å². The van der Waals surface area contributed by atoms with Crippen molar-refractivity contribution in [2.24, 2.45) is 0 Å². The lowest BCUT2D eigenvalue weighted by Gasteiger charge is -2.04. The van der Waals surface area contributed by atoms with Crippen molar-refractivity contribution in [2.75, 3.05) is 5.32 Å². The van der Waals surface area contributed by atoms with Crippen molar-refractivity contribution in [3.63, 3.8) is 0 Å². The zero-order valence-corrected chi connectivity index (χ0v) is 8.84. The van der Waals surface area contributed by atoms with Crippen LogP contribution in [-0.2, 0) is 0 Å². The molecule has 0 unspecified atom stereocenters. The van der Waals surface area contributed by atoms with Crippen molar-refractivity contribution in [2.45, 2.75) is 0 Å². The molecule has 2 heterocycles. The molecule has 0 aliphatic carbocycles. The Hall–Kier alpha value is -2.43. The van der Waals surface area contributed by atoms with E-state index < -0.39 is 0 Å². The van der Waals surface area contributed by atoms with Crippen LogP contribution < -0.4 is 5.32 Å². The summed E-state index contributed by atoms with van der Waals surface area (Å²) in [5.74, 6) is 0.172. The molecule has 4 nitrogen and oxygen atoms in total. The minimum absolute atomic E-state index is 0.319. The number of rotatable bonds is 2. The number of pyridine rings is 1. The molecule has 3 aromatic rings. The fraction of sp³-hybridized carbons (Fsp3) is 0. The van der Waals surface area contributed by atoms with Crippen molar-refractivity contribution >= 4 is 17.3 Å². The maximum Gasteiger partial charge on any atom is 0.233 e. The first-order valence-corrected chi connectivity index (χ1v) is 5.16. The van der Waals surface area contributed by atoms with Crippen LogP contribution in [0.1, 0.15) is 0 Å². The van der Waals surface area contributed by atoms with Crippen molar-refractivity contribution in [1.29, 1.82) is 0 Å². The van der Waals surface area contributed by atoms with Gasteiger partial charge in [-0.05, 0) is 24.3 Å². The third kappa shape index (κ3) is 1.71. The van der Waals surface area contributed by atoms with Crippen LogP contribution in [-0.4, -0.2) is 14.6 Å². The number of nitrogens with one attached hydrogen (secondary N) is 1. The third-order valence-corrected chi connectivity index (χ3v) is 2.43. The molecule has 5 heteroatoms. The number of benzene rings is 1. The highest BCUT2D eigenvalue weighted by Gasteiger charge is 2.06. The van der Waals surface area contributed by atoms with Gasteiger partial charge >= 0.3 is 0 Å². The molecular formula is C12H9FN4. The van der Waals surface area contributed by atoms with Crippen molar-refractivity contribution in [1.82, 2.24) is 14.6 Å². The van der Waals surface area contributed by atoms with E-state index in [0.717, 1.165) is 0 Å². The molecule has 3 rings (SSSR count). The molecule has 0 atom stereocenters. The van der Waals surface area contributed by atoms with Gasteiger partial charge in [-0.3, -0.25) is 4.40 Å². The van der Waals surface area contributed by atoms with Crippen LogP contribution in [0.3, 0.4) is 0 Å². The number of fused-ring (bicyclic) bond motifs is 1. The average molecular weight is 228 g/mol. The van der Waals surface area contributed by atoms with Gasteiger partial charge in [0.25, 0.3) is 0 Å². The van der Waals surface area contributed by atoms with Gasteiger partial charge in [0, 0.05) is 6.20 Å². The van der Waals surface area contributed by atoms with E-state index in [1.807, 2.05) is 24.4 Å². The Bertz CT molecular complexity index is 662. The lowest BCUT2D eigenvalue weighted by molar-refractivity contribution is 0.631. The quantitative estimate of drug-likeness (QED) is 0.733. The molecule has 1 aromatic carbocycles. The van der Waals surface area contributed by atoms with Gasteiger partial charge < -0.3 is 5.32 Å². The molecule has 0 saturated carbocycles. The van der Waals surface area contributed by atoms with Crippen LogP contribution in [0.5, 0.6) is 0 Å². The summed E-state index contributed by atoms with van der Waals surface area (Å²) in [5.41, 5.74) is 1.09. The predicted octanol–water partition coefficient (Wildman–Crippen LogP) is 2.61. The summed E-state index contributed by atoms with van der Waals surface area (Å²) in [4.78, 5) is 0. The van der Waals surface area contributed by atoms with E-state index >= 15 is 0 Å². The Kier molecular flexibility index (Phi) is 2.22. The summed E-state index contributed by atoms with van der Waals surface area (Å²) in [7, 11) is 0. The maximum atomic E-state index is 13.5. The van der Waals surface area contributed by atoms with Crippen LogP contribution in [0.2, 0.25) is 0 Å². The van der Waals surface area contributed by atoms with Gasteiger partial charge in [-0.25, -0.2) is 4.39 Å². The van der Waals surface area contributed by atoms with E-state index in [1.165, 1.54) is 6.07 Å². The molecule has 84 valence electrons. The second kappa shape index (κ2) is 3.86. The van der Waals surface area contributed by atoms with Crippen LogP contribution >= 0.6 is 0 Å². The smallest absolute Gasteiger partial charge is 0.233 e. The van der Waals surface area contributed by atoms with Gasteiger partial charge in [0.1, 0.15) is 5.82 Å². The van der Waals surface area contributed by atoms with Crippen molar-refractivity contribution in [3.8, 4) is 0 Å². The van der Waals surface area contributed by atoms with Crippen LogP contribution in [0.25, 0.3) is 5.65 Å². The molecule has 0 fully saturated rings. The summed E-state index contributed by atoms with van der Waals surface area (Å²) in [5, 5.41) is 10.8. The summed E-state index contributed by atoms with van der Waals surface area (Å²) in [6, 6.07) is 12.0. The van der Waals surface area contributed by atoms with Gasteiger partial charge in [0.15, 0.2) is 5.65 Å². The number of anilines is 2. The predicted molar refractivity (Wildman–Crippen MR) is 62.7 cm³/mol. The first-order chi connectivity index (χ1) is 8.34. The second-order valence-corrected chi connectivity index (χ2v) is 3.56. The maximum absolute atomic E-state index is 13.5. The van der Waals surface area contributed by atoms with Gasteiger partial charge in [-0.15, -0.1) is 10.2 Å². The number of hydrogen-bond donors (Lipinski definition) is 1. The fourth-order valence-electron chi connectivity index (χ4n) is 1.61. The highest BCUT2D eigenvalue weighted by atomic mass is 19.1. The van der Waals surface area contributed by atoms with Crippen molar-refractivity contribution in [3.05, 3.63) is 54.5 Å². The Morgan fingerprint density at radius 3 is 2.71 bits per heavy atom. The molecule has 0 bridgehead atoms. The van der Waals surface area contributed by atoms with Crippen LogP contribution in [0.4, 0.5) is 16.0 Å². The molecule has 0 aliphatic rings. The molecule has 0 aliphatic heterocycles. The lowest BCUT2D eigenvalue weighted by atomic mass is 10.3. The average Bonchev–Trinajstić information content (AvgIpc) is 2.76. The highest BCUT2D eigenvalue weighted by Crippen LogP contribution is 2.18. The van der Waals surface area contributed by atoms with E-state index in [9.17, 15) is 4.39 Å². The SMILES string of the molecule is Fc1ccccc1Nc1nnc2ccccn12. The van der Waals surface area contributed by atoms with Gasteiger partial charge in [-0.1, -0.05) is 18.2 Å². The highest BCUT2D eigenvalue weighted by molar-refractivity contribution is 5.57. The van der Waals surface area contributed by atoms with Crippen molar-refractivity contribution < 1.29 is 4.39 Å². The van der Waals surface area contributed by atoms with Crippen LogP contribution in [0, 0.1) is 5.82 Å². The van der Waals surface area contributed by atoms with E-state index in [-0.39, 0.29) is 5.82 Å². The Morgan fingerprint density at radius 2 is 1.82 bits per heavy atom. The van der Waals surface area contributed by atoms with Gasteiger partial charge in [0.05, 0.1) is 5.69 Å². The Balaban J connectivity index is 2.03. The van der Waals surface area contributed by atoms with E-state index in [2.05, 4.69) is 15.5 Å². The number of hydrogen-bond acceptors (Lipinski definition) is 3.